The van der Waals surface area contributed by atoms with E-state index in [1.165, 1.54) is 12.1 Å². The molecule has 0 aliphatic rings. The van der Waals surface area contributed by atoms with Crippen molar-refractivity contribution in [2.75, 3.05) is 20.7 Å². The zero-order valence-electron chi connectivity index (χ0n) is 14.3. The van der Waals surface area contributed by atoms with E-state index in [-0.39, 0.29) is 11.7 Å². The molecule has 0 saturated heterocycles. The molecular formula is C19H21ClFNO2. The summed E-state index contributed by atoms with van der Waals surface area (Å²) < 4.78 is 18.8. The van der Waals surface area contributed by atoms with Crippen LogP contribution in [-0.2, 0) is 6.42 Å². The van der Waals surface area contributed by atoms with Gasteiger partial charge in [-0.05, 0) is 67.3 Å². The summed E-state index contributed by atoms with van der Waals surface area (Å²) in [5, 5.41) is 0.497. The average molecular weight is 350 g/mol. The van der Waals surface area contributed by atoms with Crippen LogP contribution in [0.2, 0.25) is 5.02 Å². The third-order valence-electron chi connectivity index (χ3n) is 4.16. The van der Waals surface area contributed by atoms with Crippen LogP contribution in [0.4, 0.5) is 4.39 Å². The Hall–Kier alpha value is -2.07. The van der Waals surface area contributed by atoms with Gasteiger partial charge in [0, 0.05) is 24.2 Å². The van der Waals surface area contributed by atoms with E-state index in [2.05, 4.69) is 0 Å². The van der Waals surface area contributed by atoms with Crippen molar-refractivity contribution < 1.29 is 13.9 Å². The van der Waals surface area contributed by atoms with Crippen molar-refractivity contribution in [2.24, 2.45) is 0 Å². The molecule has 0 bridgehead atoms. The van der Waals surface area contributed by atoms with Crippen LogP contribution < -0.4 is 4.74 Å². The maximum absolute atomic E-state index is 13.5. The molecule has 0 unspecified atom stereocenters. The Balaban J connectivity index is 2.50. The second kappa shape index (κ2) is 7.67. The number of amides is 1. The molecule has 24 heavy (non-hydrogen) atoms. The molecule has 0 radical (unpaired) electrons. The molecule has 0 aliphatic carbocycles. The number of hydrogen-bond acceptors (Lipinski definition) is 2. The number of nitrogens with zero attached hydrogens (tertiary/aromatic N) is 1. The first kappa shape index (κ1) is 18.3. The van der Waals surface area contributed by atoms with Crippen molar-refractivity contribution in [1.82, 2.24) is 4.90 Å². The Kier molecular flexibility index (Phi) is 5.84. The number of rotatable bonds is 5. The van der Waals surface area contributed by atoms with E-state index in [0.29, 0.717) is 34.9 Å². The summed E-state index contributed by atoms with van der Waals surface area (Å²) in [7, 11) is 3.31. The lowest BCUT2D eigenvalue weighted by atomic mass is 9.95. The zero-order valence-corrected chi connectivity index (χ0v) is 15.1. The minimum absolute atomic E-state index is 0.0690. The molecular weight excluding hydrogens is 329 g/mol. The Morgan fingerprint density at radius 3 is 2.58 bits per heavy atom. The monoisotopic (exact) mass is 349 g/mol. The van der Waals surface area contributed by atoms with Crippen LogP contribution in [0.5, 0.6) is 5.75 Å². The van der Waals surface area contributed by atoms with Gasteiger partial charge in [-0.25, -0.2) is 4.39 Å². The van der Waals surface area contributed by atoms with Gasteiger partial charge in [0.05, 0.1) is 7.11 Å². The molecule has 0 fully saturated rings. The normalized spacial score (nSPS) is 10.6. The average Bonchev–Trinajstić information content (AvgIpc) is 2.58. The van der Waals surface area contributed by atoms with E-state index in [4.69, 9.17) is 16.3 Å². The molecule has 128 valence electrons. The largest absolute Gasteiger partial charge is 0.497 e. The summed E-state index contributed by atoms with van der Waals surface area (Å²) in [4.78, 5) is 14.2. The molecule has 0 saturated carbocycles. The van der Waals surface area contributed by atoms with E-state index in [1.54, 1.807) is 31.2 Å². The van der Waals surface area contributed by atoms with Crippen LogP contribution >= 0.6 is 11.6 Å². The van der Waals surface area contributed by atoms with Gasteiger partial charge in [0.2, 0.25) is 0 Å². The van der Waals surface area contributed by atoms with E-state index in [1.807, 2.05) is 19.9 Å². The first-order valence-corrected chi connectivity index (χ1v) is 8.12. The van der Waals surface area contributed by atoms with Gasteiger partial charge < -0.3 is 9.64 Å². The molecule has 0 aromatic heterocycles. The van der Waals surface area contributed by atoms with Gasteiger partial charge >= 0.3 is 0 Å². The predicted molar refractivity (Wildman–Crippen MR) is 94.6 cm³/mol. The first-order valence-electron chi connectivity index (χ1n) is 7.74. The number of methoxy groups -OCH3 is 1. The third-order valence-corrected chi connectivity index (χ3v) is 4.53. The fraction of sp³-hybridized carbons (Fsp3) is 0.316. The highest BCUT2D eigenvalue weighted by Gasteiger charge is 2.18. The lowest BCUT2D eigenvalue weighted by Crippen LogP contribution is -2.27. The molecule has 0 aliphatic heterocycles. The smallest absolute Gasteiger partial charge is 0.253 e. The van der Waals surface area contributed by atoms with Crippen LogP contribution in [0.15, 0.2) is 30.3 Å². The summed E-state index contributed by atoms with van der Waals surface area (Å²) in [6.07, 6.45) is 0.426. The third kappa shape index (κ3) is 3.88. The number of carbonyl (C=O) groups is 1. The summed E-state index contributed by atoms with van der Waals surface area (Å²) in [6.45, 7) is 4.42. The number of hydrogen-bond donors (Lipinski definition) is 0. The first-order chi connectivity index (χ1) is 11.4. The van der Waals surface area contributed by atoms with Crippen LogP contribution in [0.1, 0.15) is 34.0 Å². The van der Waals surface area contributed by atoms with Gasteiger partial charge in [-0.15, -0.1) is 0 Å². The highest BCUT2D eigenvalue weighted by molar-refractivity contribution is 6.31. The van der Waals surface area contributed by atoms with Gasteiger partial charge in [0.25, 0.3) is 5.91 Å². The molecule has 2 aromatic carbocycles. The summed E-state index contributed by atoms with van der Waals surface area (Å²) in [5.41, 5.74) is 2.99. The Bertz CT molecular complexity index is 761. The second-order valence-corrected chi connectivity index (χ2v) is 6.10. The van der Waals surface area contributed by atoms with E-state index in [0.717, 1.165) is 11.1 Å². The topological polar surface area (TPSA) is 29.5 Å². The van der Waals surface area contributed by atoms with E-state index < -0.39 is 0 Å². The minimum Gasteiger partial charge on any atom is -0.497 e. The van der Waals surface area contributed by atoms with Gasteiger partial charge in [0.15, 0.2) is 0 Å². The van der Waals surface area contributed by atoms with Gasteiger partial charge in [0.1, 0.15) is 11.6 Å². The standard InChI is InChI=1S/C19H21ClFNO2/c1-5-22(3)19(23)17-11-16(24-4)10-13(12(17)2)8-14-9-15(21)6-7-18(14)20/h6-7,9-11H,5,8H2,1-4H3. The highest BCUT2D eigenvalue weighted by Crippen LogP contribution is 2.28. The summed E-state index contributed by atoms with van der Waals surface area (Å²) >= 11 is 6.17. The van der Waals surface area contributed by atoms with Crippen LogP contribution in [0.25, 0.3) is 0 Å². The summed E-state index contributed by atoms with van der Waals surface area (Å²) in [5.74, 6) is 0.188. The van der Waals surface area contributed by atoms with Crippen LogP contribution in [0, 0.1) is 12.7 Å². The molecule has 2 rings (SSSR count). The van der Waals surface area contributed by atoms with Crippen molar-refractivity contribution in [1.29, 1.82) is 0 Å². The van der Waals surface area contributed by atoms with Crippen LogP contribution in [0.3, 0.4) is 0 Å². The fourth-order valence-corrected chi connectivity index (χ4v) is 2.69. The maximum Gasteiger partial charge on any atom is 0.253 e. The fourth-order valence-electron chi connectivity index (χ4n) is 2.50. The second-order valence-electron chi connectivity index (χ2n) is 5.69. The Labute approximate surface area is 147 Å². The number of carbonyl (C=O) groups excluding carboxylic acids is 1. The zero-order chi connectivity index (χ0) is 17.9. The Morgan fingerprint density at radius 2 is 1.96 bits per heavy atom. The highest BCUT2D eigenvalue weighted by atomic mass is 35.5. The molecule has 1 amide bonds. The van der Waals surface area contributed by atoms with Gasteiger partial charge in [-0.3, -0.25) is 4.79 Å². The molecule has 0 heterocycles. The lowest BCUT2D eigenvalue weighted by Gasteiger charge is -2.19. The van der Waals surface area contributed by atoms with Crippen molar-refractivity contribution in [2.45, 2.75) is 20.3 Å². The van der Waals surface area contributed by atoms with Crippen molar-refractivity contribution in [3.05, 3.63) is 63.4 Å². The van der Waals surface area contributed by atoms with Crippen LogP contribution in [-0.4, -0.2) is 31.5 Å². The molecule has 0 atom stereocenters. The Morgan fingerprint density at radius 1 is 1.25 bits per heavy atom. The van der Waals surface area contributed by atoms with E-state index in [9.17, 15) is 9.18 Å². The molecule has 0 N–H and O–H groups in total. The molecule has 3 nitrogen and oxygen atoms in total. The lowest BCUT2D eigenvalue weighted by molar-refractivity contribution is 0.0801. The quantitative estimate of drug-likeness (QED) is 0.796. The van der Waals surface area contributed by atoms with Crippen molar-refractivity contribution in [3.63, 3.8) is 0 Å². The SMILES string of the molecule is CCN(C)C(=O)c1cc(OC)cc(Cc2cc(F)ccc2Cl)c1C. The predicted octanol–water partition coefficient (Wildman–Crippen LogP) is 4.48. The minimum atomic E-state index is -0.336. The number of ether oxygens (including phenoxy) is 1. The van der Waals surface area contributed by atoms with E-state index >= 15 is 0 Å². The maximum atomic E-state index is 13.5. The summed E-state index contributed by atoms with van der Waals surface area (Å²) in [6, 6.07) is 7.88. The van der Waals surface area contributed by atoms with Crippen molar-refractivity contribution >= 4 is 17.5 Å². The van der Waals surface area contributed by atoms with Gasteiger partial charge in [-0.2, -0.15) is 0 Å². The molecule has 2 aromatic rings. The molecule has 5 heteroatoms. The number of benzene rings is 2. The van der Waals surface area contributed by atoms with Crippen molar-refractivity contribution in [3.8, 4) is 5.75 Å². The number of halogens is 2. The van der Waals surface area contributed by atoms with Gasteiger partial charge in [-0.1, -0.05) is 11.6 Å². The molecule has 0 spiro atoms.